The fourth-order valence-corrected chi connectivity index (χ4v) is 2.16. The SMILES string of the molecule is N[C@H](CC(=O)NCCN1CCOCC1)C1CC1. The molecule has 1 aliphatic carbocycles. The Labute approximate surface area is 103 Å². The molecule has 98 valence electrons. The van der Waals surface area contributed by atoms with Crippen LogP contribution in [0.2, 0.25) is 0 Å². The summed E-state index contributed by atoms with van der Waals surface area (Å²) in [5.41, 5.74) is 5.91. The number of hydrogen-bond donors (Lipinski definition) is 2. The van der Waals surface area contributed by atoms with Crippen molar-refractivity contribution in [3.05, 3.63) is 0 Å². The Kier molecular flexibility index (Phi) is 4.76. The number of nitrogens with two attached hydrogens (primary N) is 1. The molecule has 1 saturated carbocycles. The average Bonchev–Trinajstić information content (AvgIpc) is 3.14. The van der Waals surface area contributed by atoms with Crippen LogP contribution in [0.1, 0.15) is 19.3 Å². The summed E-state index contributed by atoms with van der Waals surface area (Å²) in [7, 11) is 0. The molecule has 17 heavy (non-hydrogen) atoms. The Balaban J connectivity index is 1.52. The normalized spacial score (nSPS) is 23.4. The van der Waals surface area contributed by atoms with Gasteiger partial charge in [0, 0.05) is 38.6 Å². The molecular formula is C12H23N3O2. The molecule has 1 amide bonds. The molecule has 5 nitrogen and oxygen atoms in total. The topological polar surface area (TPSA) is 67.6 Å². The van der Waals surface area contributed by atoms with Gasteiger partial charge in [0.2, 0.25) is 5.91 Å². The number of morpholine rings is 1. The van der Waals surface area contributed by atoms with Crippen molar-refractivity contribution >= 4 is 5.91 Å². The second-order valence-electron chi connectivity index (χ2n) is 5.01. The van der Waals surface area contributed by atoms with E-state index in [1.165, 1.54) is 12.8 Å². The lowest BCUT2D eigenvalue weighted by Crippen LogP contribution is -2.42. The lowest BCUT2D eigenvalue weighted by atomic mass is 10.1. The van der Waals surface area contributed by atoms with E-state index in [2.05, 4.69) is 10.2 Å². The third-order valence-corrected chi connectivity index (χ3v) is 3.50. The number of amides is 1. The number of nitrogens with zero attached hydrogens (tertiary/aromatic N) is 1. The van der Waals surface area contributed by atoms with Crippen molar-refractivity contribution < 1.29 is 9.53 Å². The molecule has 0 aromatic rings. The zero-order valence-electron chi connectivity index (χ0n) is 10.4. The molecule has 0 aromatic heterocycles. The van der Waals surface area contributed by atoms with Gasteiger partial charge in [-0.25, -0.2) is 0 Å². The number of carbonyl (C=O) groups is 1. The molecule has 0 radical (unpaired) electrons. The van der Waals surface area contributed by atoms with E-state index in [-0.39, 0.29) is 11.9 Å². The third-order valence-electron chi connectivity index (χ3n) is 3.50. The first-order chi connectivity index (χ1) is 8.25. The van der Waals surface area contributed by atoms with Crippen LogP contribution >= 0.6 is 0 Å². The van der Waals surface area contributed by atoms with Crippen LogP contribution in [0, 0.1) is 5.92 Å². The van der Waals surface area contributed by atoms with Gasteiger partial charge in [0.25, 0.3) is 0 Å². The van der Waals surface area contributed by atoms with Crippen molar-refractivity contribution in [1.29, 1.82) is 0 Å². The molecule has 0 unspecified atom stereocenters. The van der Waals surface area contributed by atoms with Crippen LogP contribution in [0.15, 0.2) is 0 Å². The summed E-state index contributed by atoms with van der Waals surface area (Å²) < 4.78 is 5.27. The summed E-state index contributed by atoms with van der Waals surface area (Å²) in [4.78, 5) is 13.9. The van der Waals surface area contributed by atoms with Gasteiger partial charge in [-0.05, 0) is 18.8 Å². The minimum absolute atomic E-state index is 0.0680. The summed E-state index contributed by atoms with van der Waals surface area (Å²) in [6.45, 7) is 5.18. The molecule has 0 spiro atoms. The lowest BCUT2D eigenvalue weighted by molar-refractivity contribution is -0.121. The van der Waals surface area contributed by atoms with E-state index in [9.17, 15) is 4.79 Å². The average molecular weight is 241 g/mol. The summed E-state index contributed by atoms with van der Waals surface area (Å²) in [6.07, 6.45) is 2.87. The molecule has 2 rings (SSSR count). The minimum atomic E-state index is 0.0680. The molecule has 2 aliphatic rings. The van der Waals surface area contributed by atoms with E-state index in [1.807, 2.05) is 0 Å². The number of carbonyl (C=O) groups excluding carboxylic acids is 1. The van der Waals surface area contributed by atoms with Crippen molar-refractivity contribution in [2.24, 2.45) is 11.7 Å². The van der Waals surface area contributed by atoms with Gasteiger partial charge in [0.15, 0.2) is 0 Å². The largest absolute Gasteiger partial charge is 0.379 e. The Morgan fingerprint density at radius 2 is 2.12 bits per heavy atom. The second-order valence-corrected chi connectivity index (χ2v) is 5.01. The highest BCUT2D eigenvalue weighted by Gasteiger charge is 2.29. The zero-order chi connectivity index (χ0) is 12.1. The van der Waals surface area contributed by atoms with E-state index < -0.39 is 0 Å². The predicted octanol–water partition coefficient (Wildman–Crippen LogP) is -0.438. The standard InChI is InChI=1S/C12H23N3O2/c13-11(10-1-2-10)9-12(16)14-3-4-15-5-7-17-8-6-15/h10-11H,1-9,13H2,(H,14,16)/t11-/m1/s1. The van der Waals surface area contributed by atoms with Gasteiger partial charge in [-0.15, -0.1) is 0 Å². The molecule has 1 aliphatic heterocycles. The number of rotatable bonds is 6. The van der Waals surface area contributed by atoms with Gasteiger partial charge in [-0.3, -0.25) is 9.69 Å². The first-order valence-corrected chi connectivity index (χ1v) is 6.58. The summed E-state index contributed by atoms with van der Waals surface area (Å²) in [5.74, 6) is 0.692. The van der Waals surface area contributed by atoms with Gasteiger partial charge >= 0.3 is 0 Å². The summed E-state index contributed by atoms with van der Waals surface area (Å²) in [5, 5.41) is 2.94. The Morgan fingerprint density at radius 1 is 1.41 bits per heavy atom. The first kappa shape index (κ1) is 12.8. The second kappa shape index (κ2) is 6.33. The van der Waals surface area contributed by atoms with Crippen molar-refractivity contribution in [1.82, 2.24) is 10.2 Å². The molecule has 5 heteroatoms. The van der Waals surface area contributed by atoms with Crippen LogP contribution in [0.3, 0.4) is 0 Å². The maximum absolute atomic E-state index is 11.6. The van der Waals surface area contributed by atoms with E-state index in [0.717, 1.165) is 39.4 Å². The van der Waals surface area contributed by atoms with E-state index in [4.69, 9.17) is 10.5 Å². The fourth-order valence-electron chi connectivity index (χ4n) is 2.16. The van der Waals surface area contributed by atoms with E-state index >= 15 is 0 Å². The zero-order valence-corrected chi connectivity index (χ0v) is 10.4. The van der Waals surface area contributed by atoms with Crippen molar-refractivity contribution in [3.8, 4) is 0 Å². The lowest BCUT2D eigenvalue weighted by Gasteiger charge is -2.26. The van der Waals surface area contributed by atoms with Crippen LogP contribution in [0.4, 0.5) is 0 Å². The Morgan fingerprint density at radius 3 is 2.76 bits per heavy atom. The van der Waals surface area contributed by atoms with Gasteiger partial charge in [0.1, 0.15) is 0 Å². The van der Waals surface area contributed by atoms with Crippen LogP contribution in [0.5, 0.6) is 0 Å². The number of hydrogen-bond acceptors (Lipinski definition) is 4. The molecule has 3 N–H and O–H groups in total. The van der Waals surface area contributed by atoms with Gasteiger partial charge in [-0.1, -0.05) is 0 Å². The molecule has 2 fully saturated rings. The summed E-state index contributed by atoms with van der Waals surface area (Å²) >= 11 is 0. The van der Waals surface area contributed by atoms with Gasteiger partial charge < -0.3 is 15.8 Å². The number of ether oxygens (including phenoxy) is 1. The maximum atomic E-state index is 11.6. The van der Waals surface area contributed by atoms with Crippen LogP contribution in [-0.2, 0) is 9.53 Å². The highest BCUT2D eigenvalue weighted by atomic mass is 16.5. The molecule has 1 saturated heterocycles. The van der Waals surface area contributed by atoms with Crippen LogP contribution in [-0.4, -0.2) is 56.2 Å². The minimum Gasteiger partial charge on any atom is -0.379 e. The quantitative estimate of drug-likeness (QED) is 0.662. The monoisotopic (exact) mass is 241 g/mol. The van der Waals surface area contributed by atoms with Crippen molar-refractivity contribution in [3.63, 3.8) is 0 Å². The first-order valence-electron chi connectivity index (χ1n) is 6.58. The van der Waals surface area contributed by atoms with Crippen molar-refractivity contribution in [2.75, 3.05) is 39.4 Å². The highest BCUT2D eigenvalue weighted by molar-refractivity contribution is 5.76. The Hall–Kier alpha value is -0.650. The number of nitrogens with one attached hydrogen (secondary N) is 1. The Bertz CT molecular complexity index is 250. The van der Waals surface area contributed by atoms with Crippen molar-refractivity contribution in [2.45, 2.75) is 25.3 Å². The van der Waals surface area contributed by atoms with E-state index in [1.54, 1.807) is 0 Å². The van der Waals surface area contributed by atoms with Crippen LogP contribution in [0.25, 0.3) is 0 Å². The molecule has 1 atom stereocenters. The molecule has 0 aromatic carbocycles. The molecule has 0 bridgehead atoms. The maximum Gasteiger partial charge on any atom is 0.221 e. The molecule has 1 heterocycles. The predicted molar refractivity (Wildman–Crippen MR) is 65.6 cm³/mol. The van der Waals surface area contributed by atoms with E-state index in [0.29, 0.717) is 12.3 Å². The smallest absolute Gasteiger partial charge is 0.221 e. The molecular weight excluding hydrogens is 218 g/mol. The van der Waals surface area contributed by atoms with Crippen LogP contribution < -0.4 is 11.1 Å². The van der Waals surface area contributed by atoms with Gasteiger partial charge in [-0.2, -0.15) is 0 Å². The third kappa shape index (κ3) is 4.61. The van der Waals surface area contributed by atoms with Gasteiger partial charge in [0.05, 0.1) is 13.2 Å². The highest BCUT2D eigenvalue weighted by Crippen LogP contribution is 2.32. The fraction of sp³-hybridized carbons (Fsp3) is 0.917. The summed E-state index contributed by atoms with van der Waals surface area (Å²) in [6, 6.07) is 0.0680.